The summed E-state index contributed by atoms with van der Waals surface area (Å²) in [6.07, 6.45) is 7.13. The number of ether oxygens (including phenoxy) is 1. The molecule has 132 valence electrons. The zero-order valence-electron chi connectivity index (χ0n) is 15.7. The van der Waals surface area contributed by atoms with E-state index in [-0.39, 0.29) is 10.8 Å². The van der Waals surface area contributed by atoms with E-state index in [2.05, 4.69) is 27.4 Å². The van der Waals surface area contributed by atoms with Crippen LogP contribution in [-0.2, 0) is 6.42 Å². The molecule has 1 N–H and O–H groups in total. The van der Waals surface area contributed by atoms with Gasteiger partial charge >= 0.3 is 0 Å². The van der Waals surface area contributed by atoms with E-state index in [0.717, 1.165) is 17.7 Å². The quantitative estimate of drug-likeness (QED) is 0.717. The van der Waals surface area contributed by atoms with Crippen LogP contribution in [0.15, 0.2) is 30.4 Å². The molecule has 2 nitrogen and oxygen atoms in total. The molecule has 0 aliphatic heterocycles. The maximum Gasteiger partial charge on any atom is 0.119 e. The van der Waals surface area contributed by atoms with Crippen molar-refractivity contribution in [2.24, 2.45) is 22.7 Å². The van der Waals surface area contributed by atoms with Crippen molar-refractivity contribution in [1.29, 1.82) is 0 Å². The molecule has 2 saturated carbocycles. The average molecular weight is 328 g/mol. The van der Waals surface area contributed by atoms with E-state index in [4.69, 9.17) is 4.74 Å². The first-order chi connectivity index (χ1) is 11.3. The molecule has 2 aliphatic rings. The van der Waals surface area contributed by atoms with Gasteiger partial charge < -0.3 is 9.84 Å². The van der Waals surface area contributed by atoms with Crippen LogP contribution in [0.5, 0.6) is 11.5 Å². The number of phenols is 1. The molecular formula is C22H32O2. The number of methoxy groups -OCH3 is 1. The van der Waals surface area contributed by atoms with Gasteiger partial charge in [-0.25, -0.2) is 0 Å². The molecular weight excluding hydrogens is 296 g/mol. The number of allylic oxidation sites excluding steroid dienone is 1. The summed E-state index contributed by atoms with van der Waals surface area (Å²) in [5.41, 5.74) is 2.91. The Morgan fingerprint density at radius 3 is 2.75 bits per heavy atom. The van der Waals surface area contributed by atoms with E-state index < -0.39 is 0 Å². The number of fused-ring (bicyclic) bond motifs is 1. The summed E-state index contributed by atoms with van der Waals surface area (Å²) < 4.78 is 5.38. The van der Waals surface area contributed by atoms with Gasteiger partial charge in [-0.15, -0.1) is 0 Å². The predicted octanol–water partition coefficient (Wildman–Crippen LogP) is 5.74. The summed E-state index contributed by atoms with van der Waals surface area (Å²) in [7, 11) is 1.68. The molecule has 2 heteroatoms. The fourth-order valence-electron chi connectivity index (χ4n) is 5.51. The predicted molar refractivity (Wildman–Crippen MR) is 99.5 cm³/mol. The zero-order valence-corrected chi connectivity index (χ0v) is 15.7. The molecule has 0 bridgehead atoms. The Labute approximate surface area is 146 Å². The average Bonchev–Trinajstić information content (AvgIpc) is 2.56. The highest BCUT2D eigenvalue weighted by molar-refractivity contribution is 5.40. The molecule has 4 atom stereocenters. The van der Waals surface area contributed by atoms with E-state index >= 15 is 0 Å². The lowest BCUT2D eigenvalue weighted by atomic mass is 9.46. The van der Waals surface area contributed by atoms with Gasteiger partial charge in [0.25, 0.3) is 0 Å². The molecule has 1 aromatic rings. The first-order valence-corrected chi connectivity index (χ1v) is 9.35. The second kappa shape index (κ2) is 6.13. The first-order valence-electron chi connectivity index (χ1n) is 9.35. The molecule has 0 spiro atoms. The van der Waals surface area contributed by atoms with Crippen LogP contribution < -0.4 is 4.74 Å². The smallest absolute Gasteiger partial charge is 0.119 e. The Bertz CT molecular complexity index is 635. The van der Waals surface area contributed by atoms with E-state index in [1.807, 2.05) is 12.1 Å². The van der Waals surface area contributed by atoms with Crippen LogP contribution in [0.1, 0.15) is 58.4 Å². The third kappa shape index (κ3) is 2.64. The van der Waals surface area contributed by atoms with Crippen LogP contribution in [0.3, 0.4) is 0 Å². The Balaban J connectivity index is 1.98. The van der Waals surface area contributed by atoms with Gasteiger partial charge in [-0.1, -0.05) is 32.9 Å². The maximum atomic E-state index is 10.4. The Morgan fingerprint density at radius 1 is 1.29 bits per heavy atom. The Hall–Kier alpha value is -1.44. The van der Waals surface area contributed by atoms with Gasteiger partial charge in [-0.2, -0.15) is 0 Å². The van der Waals surface area contributed by atoms with Crippen molar-refractivity contribution >= 4 is 0 Å². The highest BCUT2D eigenvalue weighted by Gasteiger charge is 2.53. The van der Waals surface area contributed by atoms with E-state index in [0.29, 0.717) is 17.6 Å². The van der Waals surface area contributed by atoms with Crippen LogP contribution in [0.4, 0.5) is 0 Å². The number of aromatic hydroxyl groups is 1. The molecule has 2 fully saturated rings. The third-order valence-electron chi connectivity index (χ3n) is 7.42. The normalized spacial score (nSPS) is 36.2. The molecule has 0 radical (unpaired) electrons. The van der Waals surface area contributed by atoms with Crippen molar-refractivity contribution in [2.75, 3.05) is 7.11 Å². The number of hydrogen-bond acceptors (Lipinski definition) is 2. The standard InChI is InChI=1S/C22H32O2/c1-15-7-6-8-20-21(15,3)12-11-16(2)22(20,4)14-17-13-18(24-5)9-10-19(17)23/h9-10,13,16,20,23H,1,6-8,11-12,14H2,2-5H3/t16-,20+,21+,22+/m0/s1. The second-order valence-corrected chi connectivity index (χ2v) is 8.58. The summed E-state index contributed by atoms with van der Waals surface area (Å²) in [6, 6.07) is 5.61. The van der Waals surface area contributed by atoms with E-state index in [9.17, 15) is 5.11 Å². The molecule has 0 heterocycles. The maximum absolute atomic E-state index is 10.4. The number of benzene rings is 1. The highest BCUT2D eigenvalue weighted by Crippen LogP contribution is 2.62. The third-order valence-corrected chi connectivity index (χ3v) is 7.42. The monoisotopic (exact) mass is 328 g/mol. The van der Waals surface area contributed by atoms with E-state index in [1.54, 1.807) is 13.2 Å². The van der Waals surface area contributed by atoms with Crippen molar-refractivity contribution in [1.82, 2.24) is 0 Å². The van der Waals surface area contributed by atoms with Crippen LogP contribution >= 0.6 is 0 Å². The minimum absolute atomic E-state index is 0.181. The Kier molecular flexibility index (Phi) is 4.44. The topological polar surface area (TPSA) is 29.5 Å². The van der Waals surface area contributed by atoms with Crippen LogP contribution in [0, 0.1) is 22.7 Å². The first kappa shape index (κ1) is 17.4. The van der Waals surface area contributed by atoms with Gasteiger partial charge in [0.2, 0.25) is 0 Å². The van der Waals surface area contributed by atoms with Crippen LogP contribution in [0.2, 0.25) is 0 Å². The lowest BCUT2D eigenvalue weighted by Gasteiger charge is -2.58. The molecule has 3 rings (SSSR count). The van der Waals surface area contributed by atoms with Gasteiger partial charge in [0.1, 0.15) is 11.5 Å². The highest BCUT2D eigenvalue weighted by atomic mass is 16.5. The molecule has 2 aliphatic carbocycles. The molecule has 0 unspecified atom stereocenters. The summed E-state index contributed by atoms with van der Waals surface area (Å²) >= 11 is 0. The molecule has 0 aromatic heterocycles. The van der Waals surface area contributed by atoms with Gasteiger partial charge in [0.15, 0.2) is 0 Å². The Morgan fingerprint density at radius 2 is 2.04 bits per heavy atom. The van der Waals surface area contributed by atoms with Crippen molar-refractivity contribution < 1.29 is 9.84 Å². The minimum atomic E-state index is 0.181. The summed E-state index contributed by atoms with van der Waals surface area (Å²) in [6.45, 7) is 11.7. The molecule has 1 aromatic carbocycles. The number of hydrogen-bond donors (Lipinski definition) is 1. The zero-order chi connectivity index (χ0) is 17.5. The lowest BCUT2D eigenvalue weighted by molar-refractivity contribution is -0.0491. The lowest BCUT2D eigenvalue weighted by Crippen LogP contribution is -2.51. The fraction of sp³-hybridized carbons (Fsp3) is 0.636. The molecule has 0 saturated heterocycles. The van der Waals surface area contributed by atoms with Crippen molar-refractivity contribution in [2.45, 2.75) is 59.3 Å². The summed E-state index contributed by atoms with van der Waals surface area (Å²) in [5.74, 6) is 2.50. The fourth-order valence-corrected chi connectivity index (χ4v) is 5.51. The van der Waals surface area contributed by atoms with Gasteiger partial charge in [0.05, 0.1) is 7.11 Å². The number of rotatable bonds is 3. The molecule has 0 amide bonds. The minimum Gasteiger partial charge on any atom is -0.508 e. The molecule has 24 heavy (non-hydrogen) atoms. The second-order valence-electron chi connectivity index (χ2n) is 8.58. The number of phenolic OH excluding ortho intramolecular Hbond substituents is 1. The van der Waals surface area contributed by atoms with Crippen molar-refractivity contribution in [3.05, 3.63) is 35.9 Å². The van der Waals surface area contributed by atoms with Crippen LogP contribution in [-0.4, -0.2) is 12.2 Å². The SMILES string of the molecule is C=C1CCC[C@H]2[C@](C)(Cc3cc(OC)ccc3O)[C@@H](C)CC[C@]12C. The van der Waals surface area contributed by atoms with E-state index in [1.165, 1.54) is 37.7 Å². The van der Waals surface area contributed by atoms with Crippen LogP contribution in [0.25, 0.3) is 0 Å². The van der Waals surface area contributed by atoms with Gasteiger partial charge in [-0.05, 0) is 85.0 Å². The van der Waals surface area contributed by atoms with Gasteiger partial charge in [-0.3, -0.25) is 0 Å². The van der Waals surface area contributed by atoms with Gasteiger partial charge in [0, 0.05) is 0 Å². The summed E-state index contributed by atoms with van der Waals surface area (Å²) in [5, 5.41) is 10.4. The van der Waals surface area contributed by atoms with Crippen molar-refractivity contribution in [3.8, 4) is 11.5 Å². The van der Waals surface area contributed by atoms with Crippen molar-refractivity contribution in [3.63, 3.8) is 0 Å². The summed E-state index contributed by atoms with van der Waals surface area (Å²) in [4.78, 5) is 0. The largest absolute Gasteiger partial charge is 0.508 e.